The maximum absolute atomic E-state index is 12.3. The van der Waals surface area contributed by atoms with E-state index >= 15 is 0 Å². The van der Waals surface area contributed by atoms with Crippen LogP contribution in [0.4, 0.5) is 0 Å². The van der Waals surface area contributed by atoms with E-state index in [1.165, 1.54) is 4.90 Å². The second-order valence-corrected chi connectivity index (χ2v) is 4.25. The van der Waals surface area contributed by atoms with Crippen LogP contribution in [-0.2, 0) is 9.53 Å². The van der Waals surface area contributed by atoms with E-state index in [-0.39, 0.29) is 19.1 Å². The lowest BCUT2D eigenvalue weighted by Crippen LogP contribution is -2.52. The van der Waals surface area contributed by atoms with Crippen molar-refractivity contribution in [2.45, 2.75) is 19.9 Å². The van der Waals surface area contributed by atoms with Crippen LogP contribution in [0.5, 0.6) is 0 Å². The van der Waals surface area contributed by atoms with E-state index in [0.717, 1.165) is 0 Å². The van der Waals surface area contributed by atoms with Crippen molar-refractivity contribution in [2.24, 2.45) is 0 Å². The van der Waals surface area contributed by atoms with Gasteiger partial charge in [0.05, 0.1) is 18.8 Å². The maximum Gasteiger partial charge on any atom is 0.328 e. The summed E-state index contributed by atoms with van der Waals surface area (Å²) in [6.07, 6.45) is 0. The lowest BCUT2D eigenvalue weighted by molar-refractivity contribution is -0.147. The zero-order valence-electron chi connectivity index (χ0n) is 10.3. The van der Waals surface area contributed by atoms with Crippen molar-refractivity contribution in [3.8, 4) is 0 Å². The molecule has 1 atom stereocenters. The SMILES string of the molecule is Cc1cc(C(=O)N2CCOC[C@H]2C(=O)O)c(C)o1. The number of carboxylic acids is 1. The standard InChI is InChI=1S/C12H15NO5/c1-7-5-9(8(2)18-7)11(14)13-3-4-17-6-10(13)12(15)16/h5,10H,3-4,6H2,1-2H3,(H,15,16)/t10-/m0/s1. The fraction of sp³-hybridized carbons (Fsp3) is 0.500. The van der Waals surface area contributed by atoms with Gasteiger partial charge in [0.15, 0.2) is 6.04 Å². The molecular weight excluding hydrogens is 238 g/mol. The molecule has 0 spiro atoms. The Labute approximate surface area is 104 Å². The van der Waals surface area contributed by atoms with Crippen LogP contribution in [0.25, 0.3) is 0 Å². The molecule has 18 heavy (non-hydrogen) atoms. The molecule has 0 radical (unpaired) electrons. The quantitative estimate of drug-likeness (QED) is 0.844. The highest BCUT2D eigenvalue weighted by Gasteiger charge is 2.34. The number of amides is 1. The third kappa shape index (κ3) is 2.24. The maximum atomic E-state index is 12.3. The first-order valence-corrected chi connectivity index (χ1v) is 5.69. The molecule has 0 saturated carbocycles. The van der Waals surface area contributed by atoms with Crippen LogP contribution in [0.3, 0.4) is 0 Å². The summed E-state index contributed by atoms with van der Waals surface area (Å²) in [4.78, 5) is 24.7. The minimum Gasteiger partial charge on any atom is -0.480 e. The molecule has 6 heteroatoms. The Kier molecular flexibility index (Phi) is 3.38. The summed E-state index contributed by atoms with van der Waals surface area (Å²) in [5.74, 6) is -0.231. The predicted molar refractivity (Wildman–Crippen MR) is 61.5 cm³/mol. The van der Waals surface area contributed by atoms with E-state index in [0.29, 0.717) is 23.7 Å². The zero-order valence-corrected chi connectivity index (χ0v) is 10.3. The van der Waals surface area contributed by atoms with E-state index in [4.69, 9.17) is 14.3 Å². The average Bonchev–Trinajstić information content (AvgIpc) is 2.67. The van der Waals surface area contributed by atoms with Crippen molar-refractivity contribution in [1.29, 1.82) is 0 Å². The van der Waals surface area contributed by atoms with Gasteiger partial charge in [0.25, 0.3) is 5.91 Å². The highest BCUT2D eigenvalue weighted by molar-refractivity contribution is 5.97. The number of aliphatic carboxylic acids is 1. The summed E-state index contributed by atoms with van der Waals surface area (Å²) in [7, 11) is 0. The molecule has 98 valence electrons. The number of nitrogens with zero attached hydrogens (tertiary/aromatic N) is 1. The predicted octanol–water partition coefficient (Wildman–Crippen LogP) is 0.822. The lowest BCUT2D eigenvalue weighted by Gasteiger charge is -2.32. The lowest BCUT2D eigenvalue weighted by atomic mass is 10.1. The van der Waals surface area contributed by atoms with Crippen LogP contribution in [-0.4, -0.2) is 47.7 Å². The zero-order chi connectivity index (χ0) is 13.3. The Bertz CT molecular complexity index is 479. The van der Waals surface area contributed by atoms with Crippen molar-refractivity contribution >= 4 is 11.9 Å². The molecule has 1 saturated heterocycles. The van der Waals surface area contributed by atoms with Gasteiger partial charge >= 0.3 is 5.97 Å². The third-order valence-electron chi connectivity index (χ3n) is 2.95. The van der Waals surface area contributed by atoms with E-state index in [1.54, 1.807) is 19.9 Å². The van der Waals surface area contributed by atoms with Gasteiger partial charge < -0.3 is 19.2 Å². The molecule has 0 aromatic carbocycles. The molecule has 0 unspecified atom stereocenters. The van der Waals surface area contributed by atoms with E-state index < -0.39 is 12.0 Å². The van der Waals surface area contributed by atoms with Gasteiger partial charge in [0.1, 0.15) is 11.5 Å². The summed E-state index contributed by atoms with van der Waals surface area (Å²) in [5.41, 5.74) is 0.417. The number of aryl methyl sites for hydroxylation is 2. The Hall–Kier alpha value is -1.82. The third-order valence-corrected chi connectivity index (χ3v) is 2.95. The van der Waals surface area contributed by atoms with Crippen LogP contribution >= 0.6 is 0 Å². The van der Waals surface area contributed by atoms with Crippen LogP contribution in [0.15, 0.2) is 10.5 Å². The molecule has 1 fully saturated rings. The van der Waals surface area contributed by atoms with Crippen LogP contribution < -0.4 is 0 Å². The molecular formula is C12H15NO5. The molecule has 1 amide bonds. The molecule has 1 aliphatic rings. The van der Waals surface area contributed by atoms with Gasteiger partial charge in [-0.1, -0.05) is 0 Å². The normalized spacial score (nSPS) is 19.9. The fourth-order valence-corrected chi connectivity index (χ4v) is 2.05. The Morgan fingerprint density at radius 2 is 2.17 bits per heavy atom. The minimum atomic E-state index is -1.05. The largest absolute Gasteiger partial charge is 0.480 e. The summed E-state index contributed by atoms with van der Waals surface area (Å²) in [6, 6.07) is 0.701. The number of hydrogen-bond acceptors (Lipinski definition) is 4. The fourth-order valence-electron chi connectivity index (χ4n) is 2.05. The molecule has 1 N–H and O–H groups in total. The second-order valence-electron chi connectivity index (χ2n) is 4.25. The van der Waals surface area contributed by atoms with Gasteiger partial charge in [-0.15, -0.1) is 0 Å². The highest BCUT2D eigenvalue weighted by Crippen LogP contribution is 2.19. The molecule has 2 rings (SSSR count). The average molecular weight is 253 g/mol. The van der Waals surface area contributed by atoms with Gasteiger partial charge in [-0.05, 0) is 19.9 Å². The van der Waals surface area contributed by atoms with Crippen molar-refractivity contribution < 1.29 is 23.8 Å². The summed E-state index contributed by atoms with van der Waals surface area (Å²) in [5, 5.41) is 9.08. The number of furan rings is 1. The number of hydrogen-bond donors (Lipinski definition) is 1. The van der Waals surface area contributed by atoms with Crippen LogP contribution in [0, 0.1) is 13.8 Å². The van der Waals surface area contributed by atoms with Gasteiger partial charge in [-0.2, -0.15) is 0 Å². The summed E-state index contributed by atoms with van der Waals surface area (Å²) in [6.45, 7) is 4.09. The number of ether oxygens (including phenoxy) is 1. The first kappa shape index (κ1) is 12.6. The summed E-state index contributed by atoms with van der Waals surface area (Å²) < 4.78 is 10.4. The first-order chi connectivity index (χ1) is 8.50. The van der Waals surface area contributed by atoms with Gasteiger partial charge in [0.2, 0.25) is 0 Å². The Balaban J connectivity index is 2.26. The number of rotatable bonds is 2. The molecule has 1 aromatic rings. The molecule has 2 heterocycles. The van der Waals surface area contributed by atoms with Gasteiger partial charge in [0, 0.05) is 6.54 Å². The van der Waals surface area contributed by atoms with E-state index in [2.05, 4.69) is 0 Å². The van der Waals surface area contributed by atoms with Crippen LogP contribution in [0.2, 0.25) is 0 Å². The number of carbonyl (C=O) groups is 2. The smallest absolute Gasteiger partial charge is 0.328 e. The topological polar surface area (TPSA) is 80.0 Å². The van der Waals surface area contributed by atoms with E-state index in [1.807, 2.05) is 0 Å². The number of carbonyl (C=O) groups excluding carboxylic acids is 1. The van der Waals surface area contributed by atoms with Gasteiger partial charge in [-0.25, -0.2) is 4.79 Å². The Morgan fingerprint density at radius 1 is 1.44 bits per heavy atom. The van der Waals surface area contributed by atoms with Crippen molar-refractivity contribution in [1.82, 2.24) is 4.90 Å². The number of morpholine rings is 1. The molecule has 1 aliphatic heterocycles. The van der Waals surface area contributed by atoms with Crippen molar-refractivity contribution in [3.05, 3.63) is 23.2 Å². The van der Waals surface area contributed by atoms with Gasteiger partial charge in [-0.3, -0.25) is 4.79 Å². The molecule has 1 aromatic heterocycles. The molecule has 6 nitrogen and oxygen atoms in total. The van der Waals surface area contributed by atoms with E-state index in [9.17, 15) is 9.59 Å². The second kappa shape index (κ2) is 4.81. The molecule has 0 aliphatic carbocycles. The first-order valence-electron chi connectivity index (χ1n) is 5.69. The summed E-state index contributed by atoms with van der Waals surface area (Å²) >= 11 is 0. The highest BCUT2D eigenvalue weighted by atomic mass is 16.5. The minimum absolute atomic E-state index is 0.0248. The Morgan fingerprint density at radius 3 is 2.72 bits per heavy atom. The molecule has 0 bridgehead atoms. The monoisotopic (exact) mass is 253 g/mol. The van der Waals surface area contributed by atoms with Crippen molar-refractivity contribution in [3.63, 3.8) is 0 Å². The van der Waals surface area contributed by atoms with Crippen LogP contribution in [0.1, 0.15) is 21.9 Å². The van der Waals surface area contributed by atoms with Crippen molar-refractivity contribution in [2.75, 3.05) is 19.8 Å². The number of carboxylic acid groups (broad SMARTS) is 1.